The summed E-state index contributed by atoms with van der Waals surface area (Å²) < 4.78 is 13.8. The molecule has 0 spiro atoms. The van der Waals surface area contributed by atoms with Gasteiger partial charge in [-0.1, -0.05) is 23.7 Å². The molecule has 0 aliphatic heterocycles. The maximum atomic E-state index is 12.4. The predicted molar refractivity (Wildman–Crippen MR) is 86.9 cm³/mol. The molecule has 0 radical (unpaired) electrons. The number of nitrogens with one attached hydrogen (secondary N) is 1. The van der Waals surface area contributed by atoms with Crippen LogP contribution in [-0.4, -0.2) is 51.2 Å². The molecule has 25 heavy (non-hydrogen) atoms. The van der Waals surface area contributed by atoms with Gasteiger partial charge in [-0.05, 0) is 12.1 Å². The molecule has 8 nitrogen and oxygen atoms in total. The number of methoxy groups -OCH3 is 3. The molecule has 0 saturated heterocycles. The molecular formula is C16H18ClNO7. The van der Waals surface area contributed by atoms with Crippen LogP contribution in [0.3, 0.4) is 0 Å². The van der Waals surface area contributed by atoms with E-state index >= 15 is 0 Å². The third-order valence-electron chi connectivity index (χ3n) is 3.38. The van der Waals surface area contributed by atoms with Crippen molar-refractivity contribution in [2.45, 2.75) is 12.5 Å². The lowest BCUT2D eigenvalue weighted by molar-refractivity contribution is -0.158. The molecule has 0 fully saturated rings. The Bertz CT molecular complexity index is 662. The molecule has 0 saturated carbocycles. The van der Waals surface area contributed by atoms with Crippen LogP contribution in [0.1, 0.15) is 16.8 Å². The van der Waals surface area contributed by atoms with Crippen LogP contribution < -0.4 is 5.32 Å². The quantitative estimate of drug-likeness (QED) is 0.561. The highest BCUT2D eigenvalue weighted by molar-refractivity contribution is 6.33. The third-order valence-corrected chi connectivity index (χ3v) is 3.71. The molecule has 1 aromatic rings. The third kappa shape index (κ3) is 5.46. The maximum Gasteiger partial charge on any atom is 0.329 e. The van der Waals surface area contributed by atoms with Gasteiger partial charge in [-0.2, -0.15) is 0 Å². The molecule has 1 rings (SSSR count). The van der Waals surface area contributed by atoms with Crippen LogP contribution in [0.2, 0.25) is 5.02 Å². The van der Waals surface area contributed by atoms with Crippen LogP contribution in [-0.2, 0) is 28.6 Å². The highest BCUT2D eigenvalue weighted by Gasteiger charge is 2.39. The molecule has 1 amide bonds. The van der Waals surface area contributed by atoms with E-state index in [9.17, 15) is 19.2 Å². The average Bonchev–Trinajstić information content (AvgIpc) is 2.63. The average molecular weight is 372 g/mol. The first-order chi connectivity index (χ1) is 11.8. The summed E-state index contributed by atoms with van der Waals surface area (Å²) in [4.78, 5) is 48.0. The summed E-state index contributed by atoms with van der Waals surface area (Å²) in [5, 5.41) is 2.52. The number of hydrogen-bond acceptors (Lipinski definition) is 7. The van der Waals surface area contributed by atoms with Crippen molar-refractivity contribution < 1.29 is 33.4 Å². The standard InChI is InChI=1S/C16H18ClNO7/c1-23-12(19)8-10(15(21)24-2)13(16(22)25-3)18-14(20)9-6-4-5-7-11(9)17/h4-7,10,13H,8H2,1-3H3,(H,18,20)/t10-,13-/m0/s1. The van der Waals surface area contributed by atoms with Gasteiger partial charge in [0.25, 0.3) is 5.91 Å². The van der Waals surface area contributed by atoms with E-state index in [4.69, 9.17) is 11.6 Å². The first-order valence-corrected chi connectivity index (χ1v) is 7.51. The molecule has 0 aromatic heterocycles. The summed E-state index contributed by atoms with van der Waals surface area (Å²) in [6.45, 7) is 0. The van der Waals surface area contributed by atoms with Gasteiger partial charge in [0.2, 0.25) is 0 Å². The normalized spacial score (nSPS) is 12.5. The van der Waals surface area contributed by atoms with E-state index in [-0.39, 0.29) is 10.6 Å². The second kappa shape index (κ2) is 9.63. The number of carbonyl (C=O) groups excluding carboxylic acids is 4. The van der Waals surface area contributed by atoms with Crippen molar-refractivity contribution in [3.63, 3.8) is 0 Å². The Morgan fingerprint density at radius 3 is 2.12 bits per heavy atom. The lowest BCUT2D eigenvalue weighted by Crippen LogP contribution is -2.50. The zero-order chi connectivity index (χ0) is 19.0. The minimum absolute atomic E-state index is 0.0970. The Labute approximate surface area is 149 Å². The number of ether oxygens (including phenoxy) is 3. The van der Waals surface area contributed by atoms with Crippen LogP contribution in [0, 0.1) is 5.92 Å². The first-order valence-electron chi connectivity index (χ1n) is 7.13. The molecule has 0 bridgehead atoms. The zero-order valence-electron chi connectivity index (χ0n) is 13.9. The monoisotopic (exact) mass is 371 g/mol. The highest BCUT2D eigenvalue weighted by Crippen LogP contribution is 2.18. The Balaban J connectivity index is 3.14. The molecule has 136 valence electrons. The SMILES string of the molecule is COC(=O)C[C@H](C(=O)OC)[C@H](NC(=O)c1ccccc1Cl)C(=O)OC. The van der Waals surface area contributed by atoms with Crippen molar-refractivity contribution in [1.82, 2.24) is 5.32 Å². The molecule has 0 aliphatic carbocycles. The van der Waals surface area contributed by atoms with Crippen molar-refractivity contribution in [1.29, 1.82) is 0 Å². The molecule has 9 heteroatoms. The second-order valence-electron chi connectivity index (χ2n) is 4.86. The first kappa shape index (κ1) is 20.4. The Morgan fingerprint density at radius 1 is 1.00 bits per heavy atom. The van der Waals surface area contributed by atoms with Gasteiger partial charge in [0, 0.05) is 0 Å². The summed E-state index contributed by atoms with van der Waals surface area (Å²) in [5.41, 5.74) is 0.0970. The molecular weight excluding hydrogens is 354 g/mol. The van der Waals surface area contributed by atoms with Crippen LogP contribution in [0.4, 0.5) is 0 Å². The molecule has 0 aliphatic rings. The van der Waals surface area contributed by atoms with Crippen LogP contribution in [0.25, 0.3) is 0 Å². The summed E-state index contributed by atoms with van der Waals surface area (Å²) >= 11 is 5.95. The van der Waals surface area contributed by atoms with Gasteiger partial charge in [0.15, 0.2) is 0 Å². The summed E-state index contributed by atoms with van der Waals surface area (Å²) in [5.74, 6) is -4.58. The van der Waals surface area contributed by atoms with E-state index in [0.717, 1.165) is 21.3 Å². The van der Waals surface area contributed by atoms with Crippen molar-refractivity contribution in [2.24, 2.45) is 5.92 Å². The van der Waals surface area contributed by atoms with Crippen LogP contribution >= 0.6 is 11.6 Å². The van der Waals surface area contributed by atoms with Gasteiger partial charge in [-0.3, -0.25) is 14.4 Å². The molecule has 1 N–H and O–H groups in total. The molecule has 0 unspecified atom stereocenters. The summed E-state index contributed by atoms with van der Waals surface area (Å²) in [6.07, 6.45) is -0.480. The van der Waals surface area contributed by atoms with Crippen LogP contribution in [0.5, 0.6) is 0 Å². The van der Waals surface area contributed by atoms with E-state index in [0.29, 0.717) is 0 Å². The van der Waals surface area contributed by atoms with E-state index in [2.05, 4.69) is 19.5 Å². The van der Waals surface area contributed by atoms with Gasteiger partial charge in [-0.25, -0.2) is 4.79 Å². The van der Waals surface area contributed by atoms with Crippen molar-refractivity contribution >= 4 is 35.4 Å². The summed E-state index contributed by atoms with van der Waals surface area (Å²) in [6, 6.07) is 4.70. The summed E-state index contributed by atoms with van der Waals surface area (Å²) in [7, 11) is 3.31. The number of carbonyl (C=O) groups is 4. The van der Waals surface area contributed by atoms with Crippen molar-refractivity contribution in [3.05, 3.63) is 34.9 Å². The molecule has 0 heterocycles. The lowest BCUT2D eigenvalue weighted by Gasteiger charge is -2.23. The van der Waals surface area contributed by atoms with E-state index in [1.165, 1.54) is 12.1 Å². The fraction of sp³-hybridized carbons (Fsp3) is 0.375. The largest absolute Gasteiger partial charge is 0.469 e. The topological polar surface area (TPSA) is 108 Å². The van der Waals surface area contributed by atoms with Crippen molar-refractivity contribution in [2.75, 3.05) is 21.3 Å². The minimum atomic E-state index is -1.46. The number of rotatable bonds is 7. The predicted octanol–water partition coefficient (Wildman–Crippen LogP) is 0.964. The van der Waals surface area contributed by atoms with Gasteiger partial charge in [0.1, 0.15) is 6.04 Å². The lowest BCUT2D eigenvalue weighted by atomic mass is 9.95. The van der Waals surface area contributed by atoms with E-state index in [1.807, 2.05) is 0 Å². The number of halogens is 1. The Hall–Kier alpha value is -2.61. The number of amides is 1. The Kier molecular flexibility index (Phi) is 7.87. The van der Waals surface area contributed by atoms with E-state index < -0.39 is 42.2 Å². The minimum Gasteiger partial charge on any atom is -0.469 e. The fourth-order valence-electron chi connectivity index (χ4n) is 2.07. The maximum absolute atomic E-state index is 12.4. The number of esters is 3. The fourth-order valence-corrected chi connectivity index (χ4v) is 2.29. The van der Waals surface area contributed by atoms with Crippen molar-refractivity contribution in [3.8, 4) is 0 Å². The number of benzene rings is 1. The highest BCUT2D eigenvalue weighted by atomic mass is 35.5. The molecule has 1 aromatic carbocycles. The second-order valence-corrected chi connectivity index (χ2v) is 5.27. The van der Waals surface area contributed by atoms with E-state index in [1.54, 1.807) is 12.1 Å². The van der Waals surface area contributed by atoms with Gasteiger partial charge < -0.3 is 19.5 Å². The Morgan fingerprint density at radius 2 is 1.60 bits per heavy atom. The van der Waals surface area contributed by atoms with Gasteiger partial charge >= 0.3 is 17.9 Å². The van der Waals surface area contributed by atoms with Gasteiger partial charge in [0.05, 0.1) is 44.3 Å². The van der Waals surface area contributed by atoms with Crippen LogP contribution in [0.15, 0.2) is 24.3 Å². The smallest absolute Gasteiger partial charge is 0.329 e. The molecule has 2 atom stereocenters. The number of hydrogen-bond donors (Lipinski definition) is 1. The zero-order valence-corrected chi connectivity index (χ0v) is 14.7. The van der Waals surface area contributed by atoms with Gasteiger partial charge in [-0.15, -0.1) is 0 Å².